The van der Waals surface area contributed by atoms with E-state index in [1.54, 1.807) is 13.8 Å². The summed E-state index contributed by atoms with van der Waals surface area (Å²) in [6.45, 7) is 3.30. The van der Waals surface area contributed by atoms with E-state index in [2.05, 4.69) is 5.32 Å². The number of urea groups is 1. The van der Waals surface area contributed by atoms with E-state index in [9.17, 15) is 19.2 Å². The van der Waals surface area contributed by atoms with Gasteiger partial charge in [-0.1, -0.05) is 0 Å². The Morgan fingerprint density at radius 1 is 1.36 bits per heavy atom. The molecule has 2 rings (SSSR count). The van der Waals surface area contributed by atoms with Crippen LogP contribution in [0.15, 0.2) is 0 Å². The molecule has 1 saturated heterocycles. The summed E-state index contributed by atoms with van der Waals surface area (Å²) in [5.41, 5.74) is -0.935. The third-order valence-electron chi connectivity index (χ3n) is 4.53. The second-order valence-corrected chi connectivity index (χ2v) is 6.41. The van der Waals surface area contributed by atoms with Gasteiger partial charge in [-0.3, -0.25) is 19.3 Å². The second-order valence-electron chi connectivity index (χ2n) is 6.41. The Balaban J connectivity index is 2.02. The molecule has 1 aliphatic heterocycles. The van der Waals surface area contributed by atoms with Crippen LogP contribution in [0.3, 0.4) is 0 Å². The van der Waals surface area contributed by atoms with E-state index in [1.165, 1.54) is 12.0 Å². The normalized spacial score (nSPS) is 22.8. The largest absolute Gasteiger partial charge is 0.465 e. The number of rotatable bonds is 9. The van der Waals surface area contributed by atoms with E-state index in [0.29, 0.717) is 0 Å². The molecule has 9 heteroatoms. The molecular formula is C16H25N3O6. The van der Waals surface area contributed by atoms with E-state index in [1.807, 2.05) is 0 Å². The van der Waals surface area contributed by atoms with Gasteiger partial charge in [-0.15, -0.1) is 0 Å². The molecule has 25 heavy (non-hydrogen) atoms. The van der Waals surface area contributed by atoms with E-state index >= 15 is 0 Å². The topological polar surface area (TPSA) is 105 Å². The number of nitrogens with one attached hydrogen (secondary N) is 1. The number of ether oxygens (including phenoxy) is 2. The molecule has 0 aromatic rings. The maximum atomic E-state index is 12.6. The predicted octanol–water partition coefficient (Wildman–Crippen LogP) is -0.255. The molecule has 1 aliphatic carbocycles. The first-order chi connectivity index (χ1) is 11.8. The lowest BCUT2D eigenvalue weighted by atomic mass is 9.96. The van der Waals surface area contributed by atoms with E-state index in [-0.39, 0.29) is 32.2 Å². The monoisotopic (exact) mass is 355 g/mol. The van der Waals surface area contributed by atoms with Crippen molar-refractivity contribution in [3.05, 3.63) is 0 Å². The lowest BCUT2D eigenvalue weighted by Crippen LogP contribution is -2.48. The summed E-state index contributed by atoms with van der Waals surface area (Å²) in [7, 11) is 1.48. The van der Waals surface area contributed by atoms with Gasteiger partial charge >= 0.3 is 12.0 Å². The highest BCUT2D eigenvalue weighted by molar-refractivity contribution is 6.09. The molecule has 0 aromatic heterocycles. The molecule has 2 fully saturated rings. The fourth-order valence-electron chi connectivity index (χ4n) is 2.89. The zero-order valence-electron chi connectivity index (χ0n) is 14.9. The lowest BCUT2D eigenvalue weighted by molar-refractivity contribution is -0.150. The maximum Gasteiger partial charge on any atom is 0.325 e. The van der Waals surface area contributed by atoms with Crippen molar-refractivity contribution >= 4 is 23.8 Å². The zero-order valence-corrected chi connectivity index (χ0v) is 14.9. The van der Waals surface area contributed by atoms with Gasteiger partial charge in [0.15, 0.2) is 0 Å². The average molecular weight is 355 g/mol. The van der Waals surface area contributed by atoms with E-state index in [4.69, 9.17) is 9.47 Å². The number of nitrogens with zero attached hydrogens (tertiary/aromatic N) is 2. The minimum atomic E-state index is -0.935. The molecule has 2 aliphatic rings. The molecule has 0 aromatic carbocycles. The van der Waals surface area contributed by atoms with Crippen LogP contribution in [0.25, 0.3) is 0 Å². The molecule has 1 atom stereocenters. The van der Waals surface area contributed by atoms with Crippen LogP contribution in [-0.4, -0.2) is 79.1 Å². The van der Waals surface area contributed by atoms with Gasteiger partial charge in [0.25, 0.3) is 5.91 Å². The number of amides is 4. The summed E-state index contributed by atoms with van der Waals surface area (Å²) in [4.78, 5) is 51.1. The number of carbonyl (C=O) groups excluding carboxylic acids is 4. The minimum absolute atomic E-state index is 0.119. The van der Waals surface area contributed by atoms with Gasteiger partial charge in [0, 0.05) is 13.7 Å². The molecule has 0 radical (unpaired) electrons. The van der Waals surface area contributed by atoms with Gasteiger partial charge < -0.3 is 19.7 Å². The van der Waals surface area contributed by atoms with Gasteiger partial charge in [0.2, 0.25) is 5.91 Å². The standard InChI is InChI=1S/C16H25N3O6/c1-4-25-13(21)10-18(7-8-24-3)12(20)9-19-14(22)16(2,11-5-6-11)17-15(19)23/h11H,4-10H2,1-3H3,(H,17,23). The fourth-order valence-corrected chi connectivity index (χ4v) is 2.89. The smallest absolute Gasteiger partial charge is 0.325 e. The van der Waals surface area contributed by atoms with Crippen molar-refractivity contribution in [2.24, 2.45) is 5.92 Å². The van der Waals surface area contributed by atoms with E-state index < -0.39 is 35.9 Å². The SMILES string of the molecule is CCOC(=O)CN(CCOC)C(=O)CN1C(=O)NC(C)(C2CC2)C1=O. The summed E-state index contributed by atoms with van der Waals surface area (Å²) in [5, 5.41) is 2.69. The van der Waals surface area contributed by atoms with Crippen LogP contribution in [0.2, 0.25) is 0 Å². The number of imide groups is 1. The highest BCUT2D eigenvalue weighted by Gasteiger charge is 2.56. The second kappa shape index (κ2) is 7.81. The highest BCUT2D eigenvalue weighted by atomic mass is 16.5. The van der Waals surface area contributed by atoms with Gasteiger partial charge in [0.1, 0.15) is 18.6 Å². The fraction of sp³-hybridized carbons (Fsp3) is 0.750. The number of esters is 1. The summed E-state index contributed by atoms with van der Waals surface area (Å²) >= 11 is 0. The first-order valence-electron chi connectivity index (χ1n) is 8.40. The van der Waals surface area contributed by atoms with Crippen LogP contribution in [0.5, 0.6) is 0 Å². The Kier molecular flexibility index (Phi) is 5.99. The molecule has 1 heterocycles. The Bertz CT molecular complexity index is 562. The average Bonchev–Trinajstić information content (AvgIpc) is 3.37. The quantitative estimate of drug-likeness (QED) is 0.451. The Morgan fingerprint density at radius 3 is 2.60 bits per heavy atom. The summed E-state index contributed by atoms with van der Waals surface area (Å²) in [6, 6.07) is -0.574. The third-order valence-corrected chi connectivity index (χ3v) is 4.53. The maximum absolute atomic E-state index is 12.6. The van der Waals surface area contributed by atoms with Crippen molar-refractivity contribution in [2.45, 2.75) is 32.2 Å². The molecule has 1 N–H and O–H groups in total. The summed E-state index contributed by atoms with van der Waals surface area (Å²) < 4.78 is 9.80. The number of carbonyl (C=O) groups is 4. The predicted molar refractivity (Wildman–Crippen MR) is 86.5 cm³/mol. The minimum Gasteiger partial charge on any atom is -0.465 e. The number of hydrogen-bond acceptors (Lipinski definition) is 6. The summed E-state index contributed by atoms with van der Waals surface area (Å²) in [6.07, 6.45) is 1.76. The van der Waals surface area contributed by atoms with Crippen LogP contribution >= 0.6 is 0 Å². The van der Waals surface area contributed by atoms with Gasteiger partial charge in [-0.25, -0.2) is 4.79 Å². The van der Waals surface area contributed by atoms with Crippen LogP contribution in [-0.2, 0) is 23.9 Å². The molecule has 0 spiro atoms. The van der Waals surface area contributed by atoms with Crippen molar-refractivity contribution in [3.63, 3.8) is 0 Å². The van der Waals surface area contributed by atoms with Crippen LogP contribution in [0.4, 0.5) is 4.79 Å². The Hall–Kier alpha value is -2.16. The van der Waals surface area contributed by atoms with Crippen molar-refractivity contribution in [2.75, 3.05) is 40.0 Å². The third kappa shape index (κ3) is 4.28. The summed E-state index contributed by atoms with van der Waals surface area (Å²) in [5.74, 6) is -1.33. The molecule has 9 nitrogen and oxygen atoms in total. The van der Waals surface area contributed by atoms with Crippen LogP contribution in [0, 0.1) is 5.92 Å². The molecular weight excluding hydrogens is 330 g/mol. The number of hydrogen-bond donors (Lipinski definition) is 1. The lowest BCUT2D eigenvalue weighted by Gasteiger charge is -2.24. The van der Waals surface area contributed by atoms with Crippen molar-refractivity contribution < 1.29 is 28.7 Å². The van der Waals surface area contributed by atoms with Crippen LogP contribution < -0.4 is 5.32 Å². The molecule has 1 saturated carbocycles. The van der Waals surface area contributed by atoms with Crippen molar-refractivity contribution in [1.82, 2.24) is 15.1 Å². The van der Waals surface area contributed by atoms with Gasteiger partial charge in [-0.05, 0) is 32.6 Å². The molecule has 140 valence electrons. The number of methoxy groups -OCH3 is 1. The van der Waals surface area contributed by atoms with Crippen molar-refractivity contribution in [3.8, 4) is 0 Å². The zero-order chi connectivity index (χ0) is 18.6. The first kappa shape index (κ1) is 19.2. The van der Waals surface area contributed by atoms with Crippen molar-refractivity contribution in [1.29, 1.82) is 0 Å². The highest BCUT2D eigenvalue weighted by Crippen LogP contribution is 2.42. The Morgan fingerprint density at radius 2 is 2.04 bits per heavy atom. The van der Waals surface area contributed by atoms with E-state index in [0.717, 1.165) is 17.7 Å². The molecule has 0 bridgehead atoms. The van der Waals surface area contributed by atoms with Gasteiger partial charge in [-0.2, -0.15) is 0 Å². The molecule has 4 amide bonds. The molecule has 1 unspecified atom stereocenters. The Labute approximate surface area is 146 Å². The first-order valence-corrected chi connectivity index (χ1v) is 8.40. The van der Waals surface area contributed by atoms with Gasteiger partial charge in [0.05, 0.1) is 13.2 Å². The van der Waals surface area contributed by atoms with Crippen LogP contribution in [0.1, 0.15) is 26.7 Å².